The SMILES string of the molecule is Cc1c(CN2CCN(Cc3ccc([N+](=O)[O-])cc3)CC2)c(O)n(CCO)c(=O)c1C#N. The van der Waals surface area contributed by atoms with Crippen LogP contribution >= 0.6 is 0 Å². The predicted molar refractivity (Wildman–Crippen MR) is 113 cm³/mol. The zero-order valence-electron chi connectivity index (χ0n) is 17.3. The third-order valence-electron chi connectivity index (χ3n) is 5.65. The highest BCUT2D eigenvalue weighted by atomic mass is 16.6. The van der Waals surface area contributed by atoms with E-state index in [1.54, 1.807) is 19.1 Å². The second kappa shape index (κ2) is 9.70. The molecule has 0 spiro atoms. The number of rotatable bonds is 7. The van der Waals surface area contributed by atoms with Crippen molar-refractivity contribution in [3.63, 3.8) is 0 Å². The molecule has 0 atom stereocenters. The summed E-state index contributed by atoms with van der Waals surface area (Å²) in [4.78, 5) is 27.1. The van der Waals surface area contributed by atoms with Gasteiger partial charge in [-0.3, -0.25) is 29.3 Å². The average Bonchev–Trinajstić information content (AvgIpc) is 2.76. The van der Waals surface area contributed by atoms with Crippen molar-refractivity contribution < 1.29 is 15.1 Å². The number of nitriles is 1. The van der Waals surface area contributed by atoms with Crippen LogP contribution in [0.15, 0.2) is 29.1 Å². The van der Waals surface area contributed by atoms with Crippen molar-refractivity contribution in [1.29, 1.82) is 5.26 Å². The van der Waals surface area contributed by atoms with Gasteiger partial charge in [0.25, 0.3) is 11.2 Å². The maximum atomic E-state index is 12.4. The Labute approximate surface area is 179 Å². The van der Waals surface area contributed by atoms with Gasteiger partial charge in [-0.1, -0.05) is 12.1 Å². The number of aliphatic hydroxyl groups excluding tert-OH is 1. The number of nitro groups is 1. The molecule has 0 unspecified atom stereocenters. The summed E-state index contributed by atoms with van der Waals surface area (Å²) in [6.07, 6.45) is 0. The highest BCUT2D eigenvalue weighted by Crippen LogP contribution is 2.24. The molecule has 1 aliphatic rings. The molecule has 1 aromatic heterocycles. The summed E-state index contributed by atoms with van der Waals surface area (Å²) in [6.45, 7) is 5.36. The van der Waals surface area contributed by atoms with Crippen molar-refractivity contribution in [3.05, 3.63) is 67.0 Å². The highest BCUT2D eigenvalue weighted by molar-refractivity contribution is 5.45. The van der Waals surface area contributed by atoms with E-state index in [4.69, 9.17) is 0 Å². The smallest absolute Gasteiger partial charge is 0.271 e. The number of nitro benzene ring substituents is 1. The van der Waals surface area contributed by atoms with Crippen LogP contribution < -0.4 is 5.56 Å². The molecular weight excluding hydrogens is 402 g/mol. The molecule has 3 rings (SSSR count). The van der Waals surface area contributed by atoms with Gasteiger partial charge in [0.15, 0.2) is 5.88 Å². The third kappa shape index (κ3) is 4.91. The second-order valence-corrected chi connectivity index (χ2v) is 7.57. The molecule has 0 saturated carbocycles. The molecule has 0 amide bonds. The van der Waals surface area contributed by atoms with Crippen molar-refractivity contribution in [2.75, 3.05) is 32.8 Å². The first kappa shape index (κ1) is 22.4. The Morgan fingerprint density at radius 1 is 1.13 bits per heavy atom. The van der Waals surface area contributed by atoms with E-state index in [-0.39, 0.29) is 30.3 Å². The minimum absolute atomic E-state index is 0.0157. The van der Waals surface area contributed by atoms with Gasteiger partial charge in [0.05, 0.1) is 18.1 Å². The summed E-state index contributed by atoms with van der Waals surface area (Å²) in [6, 6.07) is 8.46. The number of hydrogen-bond donors (Lipinski definition) is 2. The fourth-order valence-electron chi connectivity index (χ4n) is 3.81. The first-order valence-electron chi connectivity index (χ1n) is 10.00. The molecule has 0 aliphatic carbocycles. The van der Waals surface area contributed by atoms with Gasteiger partial charge in [-0.2, -0.15) is 5.26 Å². The molecule has 1 aliphatic heterocycles. The number of nitrogens with zero attached hydrogens (tertiary/aromatic N) is 5. The summed E-state index contributed by atoms with van der Waals surface area (Å²) >= 11 is 0. The van der Waals surface area contributed by atoms with Crippen molar-refractivity contribution >= 4 is 5.69 Å². The van der Waals surface area contributed by atoms with Gasteiger partial charge < -0.3 is 10.2 Å². The summed E-state index contributed by atoms with van der Waals surface area (Å²) < 4.78 is 1.05. The van der Waals surface area contributed by atoms with Gasteiger partial charge in [-0.05, 0) is 18.1 Å². The molecular formula is C21H25N5O5. The predicted octanol–water partition coefficient (Wildman–Crippen LogP) is 0.952. The Morgan fingerprint density at radius 2 is 1.71 bits per heavy atom. The lowest BCUT2D eigenvalue weighted by Gasteiger charge is -2.35. The lowest BCUT2D eigenvalue weighted by atomic mass is 10.0. The molecule has 31 heavy (non-hydrogen) atoms. The Morgan fingerprint density at radius 3 is 2.23 bits per heavy atom. The van der Waals surface area contributed by atoms with Gasteiger partial charge in [-0.25, -0.2) is 0 Å². The molecule has 2 heterocycles. The maximum absolute atomic E-state index is 12.4. The number of piperazine rings is 1. The zero-order chi connectivity index (χ0) is 22.5. The van der Waals surface area contributed by atoms with Gasteiger partial charge in [0.2, 0.25) is 0 Å². The molecule has 1 fully saturated rings. The van der Waals surface area contributed by atoms with Crippen LogP contribution in [0.3, 0.4) is 0 Å². The number of aromatic nitrogens is 1. The normalized spacial score (nSPS) is 15.0. The summed E-state index contributed by atoms with van der Waals surface area (Å²) in [5.41, 5.74) is 1.45. The van der Waals surface area contributed by atoms with Gasteiger partial charge >= 0.3 is 0 Å². The van der Waals surface area contributed by atoms with Crippen LogP contribution in [0.25, 0.3) is 0 Å². The van der Waals surface area contributed by atoms with Crippen molar-refractivity contribution in [1.82, 2.24) is 14.4 Å². The monoisotopic (exact) mass is 427 g/mol. The van der Waals surface area contributed by atoms with Crippen LogP contribution in [0, 0.1) is 28.4 Å². The van der Waals surface area contributed by atoms with Gasteiger partial charge in [0, 0.05) is 57.0 Å². The molecule has 164 valence electrons. The molecule has 2 aromatic rings. The number of aliphatic hydroxyl groups is 1. The number of aromatic hydroxyl groups is 1. The number of hydrogen-bond acceptors (Lipinski definition) is 8. The van der Waals surface area contributed by atoms with Crippen molar-refractivity contribution in [2.45, 2.75) is 26.6 Å². The second-order valence-electron chi connectivity index (χ2n) is 7.57. The van der Waals surface area contributed by atoms with Crippen LogP contribution in [0.2, 0.25) is 0 Å². The first-order valence-corrected chi connectivity index (χ1v) is 10.00. The molecule has 1 aromatic carbocycles. The zero-order valence-corrected chi connectivity index (χ0v) is 17.3. The van der Waals surface area contributed by atoms with E-state index >= 15 is 0 Å². The lowest BCUT2D eigenvalue weighted by Crippen LogP contribution is -2.45. The van der Waals surface area contributed by atoms with Gasteiger partial charge in [-0.15, -0.1) is 0 Å². The van der Waals surface area contributed by atoms with E-state index in [1.807, 2.05) is 6.07 Å². The van der Waals surface area contributed by atoms with E-state index in [2.05, 4.69) is 9.80 Å². The standard InChI is InChI=1S/C21H25N5O5/c1-15-18(12-22)20(28)25(10-11-27)21(29)19(15)14-24-8-6-23(7-9-24)13-16-2-4-17(5-3-16)26(30)31/h2-5,27,29H,6-11,13-14H2,1H3. The third-order valence-corrected chi connectivity index (χ3v) is 5.65. The molecule has 0 bridgehead atoms. The van der Waals surface area contributed by atoms with Gasteiger partial charge in [0.1, 0.15) is 11.6 Å². The fraction of sp³-hybridized carbons (Fsp3) is 0.429. The van der Waals surface area contributed by atoms with E-state index in [1.165, 1.54) is 12.1 Å². The van der Waals surface area contributed by atoms with Crippen LogP contribution in [0.1, 0.15) is 22.3 Å². The highest BCUT2D eigenvalue weighted by Gasteiger charge is 2.23. The molecule has 0 radical (unpaired) electrons. The number of benzene rings is 1. The molecule has 10 nitrogen and oxygen atoms in total. The lowest BCUT2D eigenvalue weighted by molar-refractivity contribution is -0.384. The quantitative estimate of drug-likeness (QED) is 0.492. The molecule has 1 saturated heterocycles. The maximum Gasteiger partial charge on any atom is 0.271 e. The summed E-state index contributed by atoms with van der Waals surface area (Å²) in [5.74, 6) is -0.205. The Bertz CT molecular complexity index is 1050. The Balaban J connectivity index is 1.67. The van der Waals surface area contributed by atoms with Crippen LogP contribution in [0.4, 0.5) is 5.69 Å². The number of non-ortho nitro benzene ring substituents is 1. The summed E-state index contributed by atoms with van der Waals surface area (Å²) in [7, 11) is 0. The Hall–Kier alpha value is -3.26. The first-order chi connectivity index (χ1) is 14.8. The average molecular weight is 427 g/mol. The van der Waals surface area contributed by atoms with Crippen LogP contribution in [-0.2, 0) is 19.6 Å². The largest absolute Gasteiger partial charge is 0.494 e. The van der Waals surface area contributed by atoms with E-state index < -0.39 is 10.5 Å². The van der Waals surface area contributed by atoms with Crippen LogP contribution in [-0.4, -0.2) is 62.3 Å². The van der Waals surface area contributed by atoms with Crippen molar-refractivity contribution in [2.24, 2.45) is 0 Å². The fourth-order valence-corrected chi connectivity index (χ4v) is 3.81. The molecule has 2 N–H and O–H groups in total. The van der Waals surface area contributed by atoms with E-state index in [9.17, 15) is 30.4 Å². The minimum atomic E-state index is -0.594. The minimum Gasteiger partial charge on any atom is -0.494 e. The number of pyridine rings is 1. The summed E-state index contributed by atoms with van der Waals surface area (Å²) in [5, 5.41) is 39.9. The van der Waals surface area contributed by atoms with E-state index in [0.29, 0.717) is 24.2 Å². The topological polar surface area (TPSA) is 136 Å². The van der Waals surface area contributed by atoms with E-state index in [0.717, 1.165) is 36.3 Å². The van der Waals surface area contributed by atoms with Crippen LogP contribution in [0.5, 0.6) is 5.88 Å². The molecule has 10 heteroatoms. The van der Waals surface area contributed by atoms with Crippen molar-refractivity contribution in [3.8, 4) is 11.9 Å². The Kier molecular flexibility index (Phi) is 7.02.